The molecule has 2 nitrogen and oxygen atoms in total. The van der Waals surface area contributed by atoms with Crippen LogP contribution in [0.25, 0.3) is 11.0 Å². The van der Waals surface area contributed by atoms with Crippen molar-refractivity contribution in [3.63, 3.8) is 0 Å². The summed E-state index contributed by atoms with van der Waals surface area (Å²) in [4.78, 5) is 2.04. The Labute approximate surface area is 111 Å². The molecule has 102 valence electrons. The number of hydrogen-bond donors (Lipinski definition) is 0. The van der Waals surface area contributed by atoms with Crippen molar-refractivity contribution in [2.24, 2.45) is 0 Å². The molecule has 2 aromatic rings. The zero-order chi connectivity index (χ0) is 13.5. The molecule has 0 N–H and O–H groups in total. The molecule has 0 atom stereocenters. The van der Waals surface area contributed by atoms with Crippen LogP contribution in [0.1, 0.15) is 24.2 Å². The van der Waals surface area contributed by atoms with Crippen LogP contribution < -0.4 is 0 Å². The highest BCUT2D eigenvalue weighted by atomic mass is 19.3. The summed E-state index contributed by atoms with van der Waals surface area (Å²) in [7, 11) is 0. The van der Waals surface area contributed by atoms with Crippen molar-refractivity contribution in [1.82, 2.24) is 4.90 Å². The van der Waals surface area contributed by atoms with Gasteiger partial charge in [-0.1, -0.05) is 18.2 Å². The summed E-state index contributed by atoms with van der Waals surface area (Å²) in [5.74, 6) is -1.59. The molecule has 0 radical (unpaired) electrons. The summed E-state index contributed by atoms with van der Waals surface area (Å²) in [6.45, 7) is 3.52. The first kappa shape index (κ1) is 12.6. The fourth-order valence-electron chi connectivity index (χ4n) is 2.62. The molecule has 1 aromatic heterocycles. The maximum absolute atomic E-state index is 13.1. The van der Waals surface area contributed by atoms with E-state index in [1.54, 1.807) is 0 Å². The predicted molar refractivity (Wildman–Crippen MR) is 70.4 cm³/mol. The first-order valence-corrected chi connectivity index (χ1v) is 6.62. The number of furan rings is 1. The zero-order valence-electron chi connectivity index (χ0n) is 11.0. The van der Waals surface area contributed by atoms with Crippen molar-refractivity contribution in [2.45, 2.75) is 32.2 Å². The molecule has 1 aliphatic heterocycles. The van der Waals surface area contributed by atoms with Crippen LogP contribution in [-0.2, 0) is 6.54 Å². The van der Waals surface area contributed by atoms with Crippen molar-refractivity contribution >= 4 is 11.0 Å². The molecule has 0 bridgehead atoms. The van der Waals surface area contributed by atoms with Crippen LogP contribution in [0, 0.1) is 6.92 Å². The number of hydrogen-bond acceptors (Lipinski definition) is 2. The number of benzene rings is 1. The lowest BCUT2D eigenvalue weighted by atomic mass is 10.1. The highest BCUT2D eigenvalue weighted by Gasteiger charge is 2.34. The molecule has 0 saturated carbocycles. The Bertz CT molecular complexity index is 581. The molecular weight excluding hydrogens is 248 g/mol. The minimum absolute atomic E-state index is 0.0493. The lowest BCUT2D eigenvalue weighted by Crippen LogP contribution is -2.38. The van der Waals surface area contributed by atoms with E-state index in [1.165, 1.54) is 0 Å². The van der Waals surface area contributed by atoms with Crippen LogP contribution in [0.3, 0.4) is 0 Å². The van der Waals surface area contributed by atoms with Gasteiger partial charge in [0.15, 0.2) is 0 Å². The van der Waals surface area contributed by atoms with Gasteiger partial charge < -0.3 is 4.42 Å². The normalized spacial score (nSPS) is 19.9. The molecule has 1 fully saturated rings. The van der Waals surface area contributed by atoms with Crippen molar-refractivity contribution in [2.75, 3.05) is 13.1 Å². The Morgan fingerprint density at radius 2 is 1.89 bits per heavy atom. The Balaban J connectivity index is 1.77. The lowest BCUT2D eigenvalue weighted by Gasteiger charge is -2.31. The second-order valence-corrected chi connectivity index (χ2v) is 5.28. The number of para-hydroxylation sites is 1. The standard InChI is InChI=1S/C15H17F2NO/c1-11-12-4-2-3-5-13(12)19-14(11)10-18-8-6-15(16,17)7-9-18/h2-5H,6-10H2,1H3. The second kappa shape index (κ2) is 4.60. The number of likely N-dealkylation sites (tertiary alicyclic amines) is 1. The number of piperidine rings is 1. The van der Waals surface area contributed by atoms with E-state index < -0.39 is 5.92 Å². The van der Waals surface area contributed by atoms with Gasteiger partial charge in [0, 0.05) is 31.3 Å². The monoisotopic (exact) mass is 265 g/mol. The molecule has 0 amide bonds. The minimum atomic E-state index is -2.49. The summed E-state index contributed by atoms with van der Waals surface area (Å²) < 4.78 is 32.1. The summed E-state index contributed by atoms with van der Waals surface area (Å²) in [6, 6.07) is 7.89. The summed E-state index contributed by atoms with van der Waals surface area (Å²) in [6.07, 6.45) is -0.0987. The third-order valence-corrected chi connectivity index (χ3v) is 3.90. The molecule has 1 aromatic carbocycles. The summed E-state index contributed by atoms with van der Waals surface area (Å²) in [5, 5.41) is 1.11. The highest BCUT2D eigenvalue weighted by molar-refractivity contribution is 5.81. The topological polar surface area (TPSA) is 16.4 Å². The van der Waals surface area contributed by atoms with Crippen molar-refractivity contribution < 1.29 is 13.2 Å². The molecule has 0 spiro atoms. The van der Waals surface area contributed by atoms with E-state index >= 15 is 0 Å². The van der Waals surface area contributed by atoms with E-state index in [2.05, 4.69) is 0 Å². The van der Waals surface area contributed by atoms with E-state index in [0.29, 0.717) is 19.6 Å². The Hall–Kier alpha value is -1.42. The van der Waals surface area contributed by atoms with Crippen LogP contribution in [0.15, 0.2) is 28.7 Å². The van der Waals surface area contributed by atoms with Gasteiger partial charge in [0.1, 0.15) is 11.3 Å². The molecule has 1 saturated heterocycles. The Morgan fingerprint density at radius 1 is 1.21 bits per heavy atom. The quantitative estimate of drug-likeness (QED) is 0.816. The van der Waals surface area contributed by atoms with E-state index in [1.807, 2.05) is 36.1 Å². The van der Waals surface area contributed by atoms with E-state index in [4.69, 9.17) is 4.42 Å². The van der Waals surface area contributed by atoms with E-state index in [-0.39, 0.29) is 12.8 Å². The van der Waals surface area contributed by atoms with Crippen LogP contribution in [0.5, 0.6) is 0 Å². The van der Waals surface area contributed by atoms with Gasteiger partial charge in [0.2, 0.25) is 0 Å². The minimum Gasteiger partial charge on any atom is -0.459 e. The molecule has 19 heavy (non-hydrogen) atoms. The number of halogens is 2. The SMILES string of the molecule is Cc1c(CN2CCC(F)(F)CC2)oc2ccccc12. The Kier molecular flexibility index (Phi) is 3.05. The van der Waals surface area contributed by atoms with E-state index in [9.17, 15) is 8.78 Å². The number of aryl methyl sites for hydroxylation is 1. The lowest BCUT2D eigenvalue weighted by molar-refractivity contribution is -0.0575. The zero-order valence-corrected chi connectivity index (χ0v) is 11.0. The van der Waals surface area contributed by atoms with Gasteiger partial charge in [0.05, 0.1) is 6.54 Å². The van der Waals surface area contributed by atoms with Crippen LogP contribution in [-0.4, -0.2) is 23.9 Å². The third-order valence-electron chi connectivity index (χ3n) is 3.90. The summed E-state index contributed by atoms with van der Waals surface area (Å²) >= 11 is 0. The van der Waals surface area contributed by atoms with Gasteiger partial charge in [-0.25, -0.2) is 8.78 Å². The average molecular weight is 265 g/mol. The van der Waals surface area contributed by atoms with Gasteiger partial charge in [-0.05, 0) is 18.6 Å². The van der Waals surface area contributed by atoms with Gasteiger partial charge in [-0.2, -0.15) is 0 Å². The van der Waals surface area contributed by atoms with Crippen LogP contribution >= 0.6 is 0 Å². The van der Waals surface area contributed by atoms with E-state index in [0.717, 1.165) is 22.3 Å². The van der Waals surface area contributed by atoms with Gasteiger partial charge in [-0.15, -0.1) is 0 Å². The first-order valence-electron chi connectivity index (χ1n) is 6.62. The van der Waals surface area contributed by atoms with Gasteiger partial charge in [-0.3, -0.25) is 4.90 Å². The number of rotatable bonds is 2. The number of fused-ring (bicyclic) bond motifs is 1. The molecule has 0 aliphatic carbocycles. The van der Waals surface area contributed by atoms with Crippen molar-refractivity contribution in [3.8, 4) is 0 Å². The molecule has 4 heteroatoms. The molecule has 3 rings (SSSR count). The molecule has 1 aliphatic rings. The van der Waals surface area contributed by atoms with Gasteiger partial charge >= 0.3 is 0 Å². The second-order valence-electron chi connectivity index (χ2n) is 5.28. The number of nitrogens with zero attached hydrogens (tertiary/aromatic N) is 1. The Morgan fingerprint density at radius 3 is 2.58 bits per heavy atom. The van der Waals surface area contributed by atoms with Crippen LogP contribution in [0.2, 0.25) is 0 Å². The fourth-order valence-corrected chi connectivity index (χ4v) is 2.62. The maximum atomic E-state index is 13.1. The van der Waals surface area contributed by atoms with Gasteiger partial charge in [0.25, 0.3) is 5.92 Å². The number of alkyl halides is 2. The maximum Gasteiger partial charge on any atom is 0.250 e. The molecular formula is C15H17F2NO. The third kappa shape index (κ3) is 2.50. The average Bonchev–Trinajstić information content (AvgIpc) is 2.70. The first-order chi connectivity index (χ1) is 9.05. The molecule has 2 heterocycles. The van der Waals surface area contributed by atoms with Crippen LogP contribution in [0.4, 0.5) is 8.78 Å². The van der Waals surface area contributed by atoms with Crippen molar-refractivity contribution in [1.29, 1.82) is 0 Å². The largest absolute Gasteiger partial charge is 0.459 e. The fraction of sp³-hybridized carbons (Fsp3) is 0.467. The smallest absolute Gasteiger partial charge is 0.250 e. The van der Waals surface area contributed by atoms with Crippen molar-refractivity contribution in [3.05, 3.63) is 35.6 Å². The summed E-state index contributed by atoms with van der Waals surface area (Å²) in [5.41, 5.74) is 1.99. The molecule has 0 unspecified atom stereocenters. The predicted octanol–water partition coefficient (Wildman–Crippen LogP) is 3.97. The highest BCUT2D eigenvalue weighted by Crippen LogP contribution is 2.30.